The summed E-state index contributed by atoms with van der Waals surface area (Å²) in [5.41, 5.74) is 0.903. The van der Waals surface area contributed by atoms with Crippen LogP contribution in [0.15, 0.2) is 83.4 Å². The van der Waals surface area contributed by atoms with Crippen LogP contribution in [0.25, 0.3) is 6.08 Å². The van der Waals surface area contributed by atoms with Crippen LogP contribution in [0.1, 0.15) is 5.56 Å². The molecule has 0 aliphatic heterocycles. The van der Waals surface area contributed by atoms with E-state index in [9.17, 15) is 28.3 Å². The Bertz CT molecular complexity index is 1200. The quantitative estimate of drug-likeness (QED) is 0.0597. The van der Waals surface area contributed by atoms with E-state index in [-0.39, 0.29) is 114 Å². The van der Waals surface area contributed by atoms with Crippen LogP contribution in [0.5, 0.6) is 0 Å². The summed E-state index contributed by atoms with van der Waals surface area (Å²) in [6.07, 6.45) is 2.75. The number of hydrogen-bond donors (Lipinski definition) is 1. The minimum Gasteiger partial charge on any atom is -0.744 e. The number of nitrogens with one attached hydrogen (secondary N) is 1. The van der Waals surface area contributed by atoms with Crippen molar-refractivity contribution in [1.29, 1.82) is 5.26 Å². The van der Waals surface area contributed by atoms with Gasteiger partial charge in [0.25, 0.3) is 5.91 Å². The Morgan fingerprint density at radius 1 is 1.21 bits per heavy atom. The summed E-state index contributed by atoms with van der Waals surface area (Å²) in [7, 11) is -4.69. The van der Waals surface area contributed by atoms with E-state index < -0.39 is 20.9 Å². The summed E-state index contributed by atoms with van der Waals surface area (Å²) in [5, 5.41) is 25.2. The van der Waals surface area contributed by atoms with E-state index in [0.717, 1.165) is 12.1 Å². The minimum atomic E-state index is -4.69. The van der Waals surface area contributed by atoms with Crippen molar-refractivity contribution in [3.8, 4) is 6.07 Å². The third kappa shape index (κ3) is 10.4. The first kappa shape index (κ1) is 33.8. The Balaban J connectivity index is 0.00000544. The first-order valence-electron chi connectivity index (χ1n) is 8.52. The molecule has 0 aliphatic carbocycles. The molecule has 10 nitrogen and oxygen atoms in total. The third-order valence-corrected chi connectivity index (χ3v) is 5.18. The molecule has 0 fully saturated rings. The third-order valence-electron chi connectivity index (χ3n) is 3.84. The van der Waals surface area contributed by atoms with E-state index in [1.807, 2.05) is 0 Å². The second-order valence-corrected chi connectivity index (χ2v) is 8.02. The van der Waals surface area contributed by atoms with E-state index in [4.69, 9.17) is 0 Å². The van der Waals surface area contributed by atoms with E-state index in [2.05, 4.69) is 27.8 Å². The van der Waals surface area contributed by atoms with Crippen LogP contribution in [0.4, 0.5) is 11.4 Å². The zero-order valence-electron chi connectivity index (χ0n) is 18.3. The molecule has 2 aromatic rings. The van der Waals surface area contributed by atoms with Crippen LogP contribution in [-0.4, -0.2) is 18.9 Å². The molecule has 14 heteroatoms. The molecule has 1 N–H and O–H groups in total. The Morgan fingerprint density at radius 2 is 1.85 bits per heavy atom. The van der Waals surface area contributed by atoms with Gasteiger partial charge in [-0.2, -0.15) is 9.60 Å². The van der Waals surface area contributed by atoms with Crippen molar-refractivity contribution in [3.63, 3.8) is 0 Å². The second-order valence-electron chi connectivity index (χ2n) is 5.86. The van der Waals surface area contributed by atoms with Gasteiger partial charge in [-0.15, -0.1) is 0 Å². The van der Waals surface area contributed by atoms with Gasteiger partial charge in [0, 0.05) is 17.6 Å². The Hall–Kier alpha value is -0.167. The van der Waals surface area contributed by atoms with Crippen molar-refractivity contribution >= 4 is 45.5 Å². The molecule has 2 rings (SSSR count). The van der Waals surface area contributed by atoms with Gasteiger partial charge in [-0.1, -0.05) is 31.4 Å². The molecule has 0 radical (unpaired) electrons. The van der Waals surface area contributed by atoms with Crippen molar-refractivity contribution in [2.45, 2.75) is 4.90 Å². The van der Waals surface area contributed by atoms with Crippen molar-refractivity contribution in [2.24, 2.45) is 0 Å². The number of nitriles is 1. The van der Waals surface area contributed by atoms with Gasteiger partial charge < -0.3 is 20.0 Å². The molecule has 0 heterocycles. The van der Waals surface area contributed by atoms with Crippen LogP contribution >= 0.6 is 12.0 Å². The number of carbonyl (C=O) groups excluding carboxylic acids is 1. The van der Waals surface area contributed by atoms with Crippen LogP contribution in [0, 0.1) is 11.3 Å². The first-order chi connectivity index (χ1) is 15.2. The maximum Gasteiger partial charge on any atom is 1.00 e. The fourth-order valence-corrected chi connectivity index (χ4v) is 3.30. The van der Waals surface area contributed by atoms with Crippen molar-refractivity contribution < 1.29 is 135 Å². The zero-order chi connectivity index (χ0) is 23.7. The number of rotatable bonds is 10. The monoisotopic (exact) mass is 551 g/mol. The predicted molar refractivity (Wildman–Crippen MR) is 115 cm³/mol. The maximum atomic E-state index is 12.4. The predicted octanol–water partition coefficient (Wildman–Crippen LogP) is -3.56. The number of benzene rings is 2. The van der Waals surface area contributed by atoms with E-state index in [1.165, 1.54) is 29.3 Å². The molecule has 0 aliphatic rings. The molecule has 166 valence electrons. The summed E-state index contributed by atoms with van der Waals surface area (Å²) in [6.45, 7) is 7.36. The van der Waals surface area contributed by atoms with Gasteiger partial charge in [-0.05, 0) is 42.0 Å². The number of anilines is 2. The Labute approximate surface area is 286 Å². The fourth-order valence-electron chi connectivity index (χ4n) is 2.42. The fraction of sp³-hybridized carbons (Fsp3) is 0. The number of nitrogens with zero attached hydrogens (tertiary/aromatic N) is 2. The van der Waals surface area contributed by atoms with E-state index >= 15 is 0 Å². The number of carbonyl (C=O) groups is 1. The van der Waals surface area contributed by atoms with Gasteiger partial charge in [0.1, 0.15) is 26.8 Å². The molecule has 34 heavy (non-hydrogen) atoms. The molecule has 0 atom stereocenters. The average Bonchev–Trinajstić information content (AvgIpc) is 2.77. The SMILES string of the molecule is C=CN(C(=C)SOO[O-])c1ccc(C=C(C#N)C(=O)Nc2cccc(S(=O)(=O)[O-])c2)cc1.[K+].[K+]. The van der Waals surface area contributed by atoms with Crippen molar-refractivity contribution in [2.75, 3.05) is 10.2 Å². The largest absolute Gasteiger partial charge is 1.00 e. The van der Waals surface area contributed by atoms with Gasteiger partial charge >= 0.3 is 103 Å². The van der Waals surface area contributed by atoms with Gasteiger partial charge in [0.15, 0.2) is 0 Å². The summed E-state index contributed by atoms with van der Waals surface area (Å²) in [6, 6.07) is 13.1. The molecule has 0 bridgehead atoms. The molecule has 2 aromatic carbocycles. The van der Waals surface area contributed by atoms with Gasteiger partial charge in [0.05, 0.1) is 16.9 Å². The first-order valence-corrected chi connectivity index (χ1v) is 10.7. The maximum absolute atomic E-state index is 12.4. The summed E-state index contributed by atoms with van der Waals surface area (Å²) >= 11 is 0.590. The summed E-state index contributed by atoms with van der Waals surface area (Å²) in [4.78, 5) is 13.4. The molecule has 0 unspecified atom stereocenters. The standard InChI is InChI=1S/C20H17N3O7S2.2K/c1-3-23(14(2)31-30-29-25)18-9-7-15(8-10-18)11-16(13-21)20(24)22-17-5-4-6-19(12-17)32(26,27)28;;/h3-12,25H,1-2H2,(H,22,24)(H,26,27,28);;/q;2*+1/p-2. The molecule has 0 saturated heterocycles. The van der Waals surface area contributed by atoms with E-state index in [1.54, 1.807) is 30.3 Å². The smallest absolute Gasteiger partial charge is 0.744 e. The normalized spacial score (nSPS) is 10.7. The van der Waals surface area contributed by atoms with Crippen LogP contribution in [-0.2, 0) is 24.3 Å². The van der Waals surface area contributed by atoms with Gasteiger partial charge in [-0.3, -0.25) is 9.83 Å². The minimum absolute atomic E-state index is 0. The van der Waals surface area contributed by atoms with Crippen molar-refractivity contribution in [1.82, 2.24) is 0 Å². The van der Waals surface area contributed by atoms with Crippen molar-refractivity contribution in [3.05, 3.63) is 84.1 Å². The molecule has 0 aromatic heterocycles. The zero-order valence-corrected chi connectivity index (χ0v) is 26.1. The average molecular weight is 552 g/mol. The molecular weight excluding hydrogens is 537 g/mol. The number of amides is 1. The molecular formula is C20H15K2N3O7S2. The topological polar surface area (TPSA) is 155 Å². The number of hydrogen-bond acceptors (Lipinski definition) is 10. The van der Waals surface area contributed by atoms with Gasteiger partial charge in [0.2, 0.25) is 0 Å². The van der Waals surface area contributed by atoms with Crippen LogP contribution in [0.3, 0.4) is 0 Å². The van der Waals surface area contributed by atoms with E-state index in [0.29, 0.717) is 28.3 Å². The Kier molecular flexibility index (Phi) is 16.5. The van der Waals surface area contributed by atoms with Gasteiger partial charge in [-0.25, -0.2) is 8.42 Å². The van der Waals surface area contributed by atoms with Crippen LogP contribution in [0.2, 0.25) is 0 Å². The second kappa shape index (κ2) is 16.6. The Morgan fingerprint density at radius 3 is 2.38 bits per heavy atom. The summed E-state index contributed by atoms with van der Waals surface area (Å²) < 4.78 is 37.6. The van der Waals surface area contributed by atoms with Crippen LogP contribution < -0.4 is 118 Å². The molecule has 1 amide bonds. The molecule has 0 spiro atoms. The summed E-state index contributed by atoms with van der Waals surface area (Å²) in [5.74, 6) is -0.788. The molecule has 0 saturated carbocycles.